The Labute approximate surface area is 96.8 Å². The summed E-state index contributed by atoms with van der Waals surface area (Å²) in [6, 6.07) is 5.85. The lowest BCUT2D eigenvalue weighted by molar-refractivity contribution is 1.26. The van der Waals surface area contributed by atoms with Crippen LogP contribution in [0.25, 0.3) is 6.08 Å². The molecule has 1 aromatic carbocycles. The lowest BCUT2D eigenvalue weighted by atomic mass is 10.0. The maximum atomic E-state index is 5.95. The number of hydrogen-bond acceptors (Lipinski definition) is 0. The van der Waals surface area contributed by atoms with E-state index >= 15 is 0 Å². The molecule has 2 rings (SSSR count). The van der Waals surface area contributed by atoms with Gasteiger partial charge in [-0.2, -0.15) is 0 Å². The fourth-order valence-electron chi connectivity index (χ4n) is 1.59. The van der Waals surface area contributed by atoms with Crippen molar-refractivity contribution in [2.45, 2.75) is 12.6 Å². The third-order valence-corrected chi connectivity index (χ3v) is 3.91. The molecule has 0 spiro atoms. The van der Waals surface area contributed by atoms with Crippen LogP contribution in [-0.4, -0.2) is 0 Å². The van der Waals surface area contributed by atoms with Crippen LogP contribution in [0.3, 0.4) is 0 Å². The molecule has 0 nitrogen and oxygen atoms in total. The van der Waals surface area contributed by atoms with Crippen LogP contribution in [-0.2, 0) is 0 Å². The SMILES string of the molecule is C#CC1PC(C)=C=Cc2cc(Cl)ccc21. The first kappa shape index (κ1) is 10.5. The number of benzene rings is 1. The average Bonchev–Trinajstić information content (AvgIpc) is 2.38. The first-order valence-electron chi connectivity index (χ1n) is 4.66. The zero-order chi connectivity index (χ0) is 10.8. The van der Waals surface area contributed by atoms with E-state index in [1.54, 1.807) is 0 Å². The van der Waals surface area contributed by atoms with Crippen LogP contribution < -0.4 is 0 Å². The Hall–Kier alpha value is -0.980. The molecule has 0 fully saturated rings. The molecule has 0 saturated carbocycles. The molecule has 0 aromatic heterocycles. The average molecular weight is 233 g/mol. The standard InChI is InChI=1S/C13H10ClP/c1-3-13-12-7-6-11(14)8-10(12)5-4-9(2)15-13/h1,5-8,13,15H,2H3. The summed E-state index contributed by atoms with van der Waals surface area (Å²) >= 11 is 5.95. The smallest absolute Gasteiger partial charge is 0.0668 e. The van der Waals surface area contributed by atoms with Gasteiger partial charge in [-0.1, -0.05) is 32.2 Å². The molecule has 15 heavy (non-hydrogen) atoms. The summed E-state index contributed by atoms with van der Waals surface area (Å²) in [5, 5.41) is 1.95. The Bertz CT molecular complexity index is 502. The van der Waals surface area contributed by atoms with Gasteiger partial charge in [-0.05, 0) is 41.6 Å². The van der Waals surface area contributed by atoms with Gasteiger partial charge in [0, 0.05) is 5.02 Å². The van der Waals surface area contributed by atoms with E-state index < -0.39 is 0 Å². The molecule has 74 valence electrons. The van der Waals surface area contributed by atoms with Gasteiger partial charge in [0.25, 0.3) is 0 Å². The molecular formula is C13H10ClP. The first-order valence-corrected chi connectivity index (χ1v) is 6.11. The molecule has 2 unspecified atom stereocenters. The minimum absolute atomic E-state index is 0.170. The van der Waals surface area contributed by atoms with E-state index in [0.29, 0.717) is 8.58 Å². The normalized spacial score (nSPS) is 20.3. The van der Waals surface area contributed by atoms with Gasteiger partial charge in [-0.25, -0.2) is 0 Å². The van der Waals surface area contributed by atoms with Crippen molar-refractivity contribution in [3.63, 3.8) is 0 Å². The van der Waals surface area contributed by atoms with Gasteiger partial charge in [0.15, 0.2) is 0 Å². The van der Waals surface area contributed by atoms with Crippen molar-refractivity contribution >= 4 is 26.3 Å². The largest absolute Gasteiger partial charge is 0.119 e. The Morgan fingerprint density at radius 2 is 2.33 bits per heavy atom. The maximum Gasteiger partial charge on any atom is 0.0668 e. The summed E-state index contributed by atoms with van der Waals surface area (Å²) in [6.07, 6.45) is 7.53. The van der Waals surface area contributed by atoms with Crippen LogP contribution in [0.5, 0.6) is 0 Å². The van der Waals surface area contributed by atoms with Gasteiger partial charge < -0.3 is 0 Å². The molecule has 1 aromatic rings. The summed E-state index contributed by atoms with van der Waals surface area (Å²) in [7, 11) is 0.619. The molecule has 1 heterocycles. The van der Waals surface area contributed by atoms with Crippen molar-refractivity contribution in [3.05, 3.63) is 45.4 Å². The van der Waals surface area contributed by atoms with E-state index in [4.69, 9.17) is 18.0 Å². The number of fused-ring (bicyclic) bond motifs is 1. The third-order valence-electron chi connectivity index (χ3n) is 2.33. The van der Waals surface area contributed by atoms with E-state index in [0.717, 1.165) is 10.6 Å². The summed E-state index contributed by atoms with van der Waals surface area (Å²) < 4.78 is 0. The molecule has 1 aliphatic rings. The van der Waals surface area contributed by atoms with Gasteiger partial charge in [0.1, 0.15) is 0 Å². The van der Waals surface area contributed by atoms with Crippen LogP contribution in [0, 0.1) is 12.3 Å². The van der Waals surface area contributed by atoms with Crippen molar-refractivity contribution in [1.82, 2.24) is 0 Å². The number of halogens is 1. The van der Waals surface area contributed by atoms with E-state index in [1.165, 1.54) is 10.9 Å². The van der Waals surface area contributed by atoms with Gasteiger partial charge >= 0.3 is 0 Å². The van der Waals surface area contributed by atoms with E-state index in [1.807, 2.05) is 24.3 Å². The Kier molecular flexibility index (Phi) is 2.99. The predicted molar refractivity (Wildman–Crippen MR) is 68.5 cm³/mol. The van der Waals surface area contributed by atoms with E-state index in [2.05, 4.69) is 18.6 Å². The molecule has 2 atom stereocenters. The molecule has 0 amide bonds. The van der Waals surface area contributed by atoms with Crippen LogP contribution in [0.4, 0.5) is 0 Å². The Morgan fingerprint density at radius 3 is 3.07 bits per heavy atom. The molecule has 2 heteroatoms. The molecule has 1 aliphatic heterocycles. The molecule has 0 radical (unpaired) electrons. The van der Waals surface area contributed by atoms with Gasteiger partial charge in [0.2, 0.25) is 0 Å². The highest BCUT2D eigenvalue weighted by atomic mass is 35.5. The topological polar surface area (TPSA) is 0 Å². The highest BCUT2D eigenvalue weighted by Crippen LogP contribution is 2.43. The Balaban J connectivity index is 2.62. The Morgan fingerprint density at radius 1 is 1.53 bits per heavy atom. The number of terminal acetylenes is 1. The van der Waals surface area contributed by atoms with Crippen molar-refractivity contribution in [1.29, 1.82) is 0 Å². The van der Waals surface area contributed by atoms with Crippen molar-refractivity contribution in [3.8, 4) is 12.3 Å². The number of hydrogen-bond donors (Lipinski definition) is 0. The predicted octanol–water partition coefficient (Wildman–Crippen LogP) is 4.22. The zero-order valence-electron chi connectivity index (χ0n) is 8.34. The monoisotopic (exact) mass is 232 g/mol. The van der Waals surface area contributed by atoms with Gasteiger partial charge in [0.05, 0.1) is 5.66 Å². The molecule has 0 saturated heterocycles. The molecule has 0 bridgehead atoms. The second kappa shape index (κ2) is 4.26. The van der Waals surface area contributed by atoms with Crippen molar-refractivity contribution in [2.75, 3.05) is 0 Å². The van der Waals surface area contributed by atoms with Gasteiger partial charge in [-0.3, -0.25) is 0 Å². The zero-order valence-corrected chi connectivity index (χ0v) is 10.1. The van der Waals surface area contributed by atoms with E-state index in [9.17, 15) is 0 Å². The minimum Gasteiger partial charge on any atom is -0.119 e. The quantitative estimate of drug-likeness (QED) is 0.357. The van der Waals surface area contributed by atoms with Crippen molar-refractivity contribution in [2.24, 2.45) is 0 Å². The summed E-state index contributed by atoms with van der Waals surface area (Å²) in [4.78, 5) is 0. The van der Waals surface area contributed by atoms with Crippen molar-refractivity contribution < 1.29 is 0 Å². The second-order valence-corrected chi connectivity index (χ2v) is 5.48. The lowest BCUT2D eigenvalue weighted by Crippen LogP contribution is -1.91. The third kappa shape index (κ3) is 2.17. The highest BCUT2D eigenvalue weighted by Gasteiger charge is 2.14. The summed E-state index contributed by atoms with van der Waals surface area (Å²) in [5.74, 6) is 2.84. The molecular weight excluding hydrogens is 223 g/mol. The highest BCUT2D eigenvalue weighted by molar-refractivity contribution is 7.43. The lowest BCUT2D eigenvalue weighted by Gasteiger charge is -2.11. The molecule has 0 aliphatic carbocycles. The minimum atomic E-state index is 0.170. The number of rotatable bonds is 0. The summed E-state index contributed by atoms with van der Waals surface area (Å²) in [5.41, 5.74) is 5.69. The fraction of sp³-hybridized carbons (Fsp3) is 0.154. The second-order valence-electron chi connectivity index (χ2n) is 3.43. The van der Waals surface area contributed by atoms with Gasteiger partial charge in [-0.15, -0.1) is 12.2 Å². The number of allylic oxidation sites excluding steroid dienone is 1. The van der Waals surface area contributed by atoms with Crippen LogP contribution >= 0.6 is 20.2 Å². The molecule has 0 N–H and O–H groups in total. The van der Waals surface area contributed by atoms with Crippen LogP contribution in [0.2, 0.25) is 5.02 Å². The van der Waals surface area contributed by atoms with Crippen LogP contribution in [0.1, 0.15) is 23.7 Å². The maximum absolute atomic E-state index is 5.95. The van der Waals surface area contributed by atoms with Crippen LogP contribution in [0.15, 0.2) is 29.2 Å². The fourth-order valence-corrected chi connectivity index (χ4v) is 2.86. The van der Waals surface area contributed by atoms with E-state index in [-0.39, 0.29) is 5.66 Å². The summed E-state index contributed by atoms with van der Waals surface area (Å²) in [6.45, 7) is 2.06. The first-order chi connectivity index (χ1) is 7.20.